The highest BCUT2D eigenvalue weighted by molar-refractivity contribution is 7.80. The summed E-state index contributed by atoms with van der Waals surface area (Å²) in [6, 6.07) is 20.2. The second-order valence-electron chi connectivity index (χ2n) is 6.97. The fraction of sp³-hybridized carbons (Fsp3) is 0.136. The molecule has 1 aromatic heterocycles. The Morgan fingerprint density at radius 3 is 2.39 bits per heavy atom. The number of amides is 1. The Balaban J connectivity index is 1.59. The van der Waals surface area contributed by atoms with Crippen LogP contribution in [0.1, 0.15) is 18.4 Å². The molecule has 0 atom stereocenters. The number of carbonyl (C=O) groups excluding carboxylic acids is 1. The number of para-hydroxylation sites is 1. The molecule has 1 amide bonds. The molecule has 138 valence electrons. The number of carbonyl (C=O) groups is 1. The molecule has 5 rings (SSSR count). The summed E-state index contributed by atoms with van der Waals surface area (Å²) in [6.45, 7) is 0. The van der Waals surface area contributed by atoms with Crippen LogP contribution in [-0.2, 0) is 4.79 Å². The predicted octanol–water partition coefficient (Wildman–Crippen LogP) is 3.76. The lowest BCUT2D eigenvalue weighted by Crippen LogP contribution is -2.32. The molecule has 5 nitrogen and oxygen atoms in total. The molecule has 1 saturated carbocycles. The summed E-state index contributed by atoms with van der Waals surface area (Å²) in [5.74, 6) is -0.0565. The SMILES string of the molecule is O=C1/C(=C\c2cn(-c3ccccc3)nc2-c2ccccc2)NC(=S)N1C1CC1. The first-order valence-corrected chi connectivity index (χ1v) is 9.68. The average Bonchev–Trinajstić information content (AvgIpc) is 3.40. The van der Waals surface area contributed by atoms with E-state index >= 15 is 0 Å². The number of nitrogens with zero attached hydrogens (tertiary/aromatic N) is 3. The van der Waals surface area contributed by atoms with E-state index in [1.54, 1.807) is 4.90 Å². The third-order valence-electron chi connectivity index (χ3n) is 4.93. The van der Waals surface area contributed by atoms with Crippen molar-refractivity contribution < 1.29 is 4.79 Å². The molecule has 2 aliphatic rings. The van der Waals surface area contributed by atoms with Gasteiger partial charge in [0.2, 0.25) is 0 Å². The number of benzene rings is 2. The minimum Gasteiger partial charge on any atom is -0.328 e. The Kier molecular flexibility index (Phi) is 4.06. The molecule has 3 aromatic rings. The molecule has 1 N–H and O–H groups in total. The highest BCUT2D eigenvalue weighted by Gasteiger charge is 2.41. The van der Waals surface area contributed by atoms with Gasteiger partial charge in [0, 0.05) is 23.4 Å². The fourth-order valence-electron chi connectivity index (χ4n) is 3.39. The molecule has 0 radical (unpaired) electrons. The number of nitrogens with one attached hydrogen (secondary N) is 1. The number of hydrogen-bond donors (Lipinski definition) is 1. The molecule has 2 fully saturated rings. The minimum atomic E-state index is -0.0565. The normalized spacial score (nSPS) is 18.0. The van der Waals surface area contributed by atoms with Crippen LogP contribution in [0, 0.1) is 0 Å². The van der Waals surface area contributed by atoms with Crippen LogP contribution < -0.4 is 5.32 Å². The lowest BCUT2D eigenvalue weighted by atomic mass is 10.1. The minimum absolute atomic E-state index is 0.0565. The van der Waals surface area contributed by atoms with Crippen LogP contribution >= 0.6 is 12.2 Å². The summed E-state index contributed by atoms with van der Waals surface area (Å²) < 4.78 is 1.84. The molecule has 0 unspecified atom stereocenters. The van der Waals surface area contributed by atoms with Gasteiger partial charge < -0.3 is 5.32 Å². The Hall–Kier alpha value is -3.25. The third-order valence-corrected chi connectivity index (χ3v) is 5.23. The van der Waals surface area contributed by atoms with E-state index in [0.29, 0.717) is 10.8 Å². The molecular weight excluding hydrogens is 368 g/mol. The van der Waals surface area contributed by atoms with Gasteiger partial charge in [-0.1, -0.05) is 48.5 Å². The highest BCUT2D eigenvalue weighted by Crippen LogP contribution is 2.32. The number of thiocarbonyl (C=S) groups is 1. The van der Waals surface area contributed by atoms with Crippen molar-refractivity contribution in [3.8, 4) is 16.9 Å². The molecule has 1 aliphatic heterocycles. The Morgan fingerprint density at radius 1 is 1.04 bits per heavy atom. The first-order chi connectivity index (χ1) is 13.7. The maximum absolute atomic E-state index is 12.8. The van der Waals surface area contributed by atoms with E-state index in [4.69, 9.17) is 17.3 Å². The second kappa shape index (κ2) is 6.73. The van der Waals surface area contributed by atoms with Crippen LogP contribution in [0.15, 0.2) is 72.6 Å². The molecular formula is C22H18N4OS. The maximum Gasteiger partial charge on any atom is 0.276 e. The Morgan fingerprint density at radius 2 is 1.71 bits per heavy atom. The largest absolute Gasteiger partial charge is 0.328 e. The van der Waals surface area contributed by atoms with Crippen molar-refractivity contribution in [1.82, 2.24) is 20.0 Å². The van der Waals surface area contributed by atoms with Gasteiger partial charge in [-0.3, -0.25) is 9.69 Å². The van der Waals surface area contributed by atoms with Gasteiger partial charge >= 0.3 is 0 Å². The van der Waals surface area contributed by atoms with E-state index in [1.165, 1.54) is 0 Å². The fourth-order valence-corrected chi connectivity index (χ4v) is 3.74. The van der Waals surface area contributed by atoms with E-state index in [9.17, 15) is 4.79 Å². The van der Waals surface area contributed by atoms with Crippen LogP contribution in [-0.4, -0.2) is 31.7 Å². The van der Waals surface area contributed by atoms with Gasteiger partial charge in [0.05, 0.1) is 5.69 Å². The van der Waals surface area contributed by atoms with E-state index in [2.05, 4.69) is 5.32 Å². The lowest BCUT2D eigenvalue weighted by Gasteiger charge is -2.11. The van der Waals surface area contributed by atoms with Crippen molar-refractivity contribution in [2.45, 2.75) is 18.9 Å². The van der Waals surface area contributed by atoms with Crippen LogP contribution in [0.5, 0.6) is 0 Å². The molecule has 1 aliphatic carbocycles. The Bertz CT molecular complexity index is 1080. The van der Waals surface area contributed by atoms with Crippen LogP contribution in [0.2, 0.25) is 0 Å². The van der Waals surface area contributed by atoms with Crippen molar-refractivity contribution >= 4 is 29.3 Å². The summed E-state index contributed by atoms with van der Waals surface area (Å²) >= 11 is 5.37. The summed E-state index contributed by atoms with van der Waals surface area (Å²) in [5.41, 5.74) is 4.15. The average molecular weight is 386 g/mol. The summed E-state index contributed by atoms with van der Waals surface area (Å²) in [7, 11) is 0. The lowest BCUT2D eigenvalue weighted by molar-refractivity contribution is -0.122. The smallest absolute Gasteiger partial charge is 0.276 e. The standard InChI is InChI=1S/C22H18N4OS/c27-21-19(23-22(28)26(21)18-11-12-18)13-16-14-25(17-9-5-2-6-10-17)24-20(16)15-7-3-1-4-8-15/h1-10,13-14,18H,11-12H2,(H,23,28)/b19-13+. The molecule has 0 spiro atoms. The van der Waals surface area contributed by atoms with Crippen molar-refractivity contribution in [2.24, 2.45) is 0 Å². The molecule has 2 aromatic carbocycles. The van der Waals surface area contributed by atoms with E-state index in [-0.39, 0.29) is 11.9 Å². The van der Waals surface area contributed by atoms with Crippen molar-refractivity contribution in [1.29, 1.82) is 0 Å². The van der Waals surface area contributed by atoms with E-state index < -0.39 is 0 Å². The van der Waals surface area contributed by atoms with Gasteiger partial charge in [0.1, 0.15) is 11.4 Å². The van der Waals surface area contributed by atoms with Crippen molar-refractivity contribution in [3.63, 3.8) is 0 Å². The van der Waals surface area contributed by atoms with Gasteiger partial charge in [0.15, 0.2) is 5.11 Å². The number of rotatable bonds is 4. The first kappa shape index (κ1) is 16.9. The zero-order valence-corrected chi connectivity index (χ0v) is 15.9. The quantitative estimate of drug-likeness (QED) is 0.548. The Labute approximate surface area is 168 Å². The topological polar surface area (TPSA) is 50.2 Å². The van der Waals surface area contributed by atoms with Gasteiger partial charge in [-0.05, 0) is 43.3 Å². The predicted molar refractivity (Wildman–Crippen MR) is 113 cm³/mol. The van der Waals surface area contributed by atoms with E-state index in [1.807, 2.05) is 77.6 Å². The van der Waals surface area contributed by atoms with Crippen molar-refractivity contribution in [2.75, 3.05) is 0 Å². The summed E-state index contributed by atoms with van der Waals surface area (Å²) in [4.78, 5) is 14.5. The van der Waals surface area contributed by atoms with Gasteiger partial charge in [-0.25, -0.2) is 4.68 Å². The molecule has 28 heavy (non-hydrogen) atoms. The first-order valence-electron chi connectivity index (χ1n) is 9.27. The molecule has 6 heteroatoms. The van der Waals surface area contributed by atoms with E-state index in [0.717, 1.165) is 35.3 Å². The van der Waals surface area contributed by atoms with Crippen molar-refractivity contribution in [3.05, 3.63) is 78.1 Å². The van der Waals surface area contributed by atoms with Crippen LogP contribution in [0.4, 0.5) is 0 Å². The zero-order chi connectivity index (χ0) is 19.1. The summed E-state index contributed by atoms with van der Waals surface area (Å²) in [6.07, 6.45) is 5.83. The van der Waals surface area contributed by atoms with Crippen LogP contribution in [0.25, 0.3) is 23.0 Å². The van der Waals surface area contributed by atoms with Gasteiger partial charge in [0.25, 0.3) is 5.91 Å². The zero-order valence-electron chi connectivity index (χ0n) is 15.1. The maximum atomic E-state index is 12.8. The third kappa shape index (κ3) is 3.01. The van der Waals surface area contributed by atoms with Gasteiger partial charge in [-0.15, -0.1) is 0 Å². The highest BCUT2D eigenvalue weighted by atomic mass is 32.1. The number of aromatic nitrogens is 2. The monoisotopic (exact) mass is 386 g/mol. The second-order valence-corrected chi connectivity index (χ2v) is 7.36. The molecule has 1 saturated heterocycles. The molecule has 2 heterocycles. The summed E-state index contributed by atoms with van der Waals surface area (Å²) in [5, 5.41) is 8.37. The van der Waals surface area contributed by atoms with Gasteiger partial charge in [-0.2, -0.15) is 5.10 Å². The molecule has 0 bridgehead atoms. The number of hydrogen-bond acceptors (Lipinski definition) is 3. The van der Waals surface area contributed by atoms with Crippen LogP contribution in [0.3, 0.4) is 0 Å².